The molecule has 0 unspecified atom stereocenters. The van der Waals surface area contributed by atoms with Crippen LogP contribution in [0.1, 0.15) is 11.3 Å². The monoisotopic (exact) mass is 349 g/mol. The summed E-state index contributed by atoms with van der Waals surface area (Å²) in [7, 11) is 0. The molecule has 0 aliphatic carbocycles. The molecule has 5 nitrogen and oxygen atoms in total. The molecule has 6 heteroatoms. The fraction of sp³-hybridized carbons (Fsp3) is 0.100. The molecule has 3 aromatic heterocycles. The Hall–Kier alpha value is -3.25. The quantitative estimate of drug-likeness (QED) is 0.582. The first-order valence-corrected chi connectivity index (χ1v) is 8.40. The zero-order valence-corrected chi connectivity index (χ0v) is 14.0. The van der Waals surface area contributed by atoms with Gasteiger partial charge in [-0.05, 0) is 54.6 Å². The van der Waals surface area contributed by atoms with Gasteiger partial charge in [0.15, 0.2) is 11.6 Å². The van der Waals surface area contributed by atoms with Gasteiger partial charge >= 0.3 is 0 Å². The summed E-state index contributed by atoms with van der Waals surface area (Å²) in [6.07, 6.45) is 5.39. The predicted molar refractivity (Wildman–Crippen MR) is 94.8 cm³/mol. The Morgan fingerprint density at radius 1 is 0.962 bits per heavy atom. The minimum absolute atomic E-state index is 0.252. The van der Waals surface area contributed by atoms with Crippen LogP contribution < -0.4 is 5.32 Å². The zero-order valence-electron chi connectivity index (χ0n) is 14.0. The molecule has 1 aromatic carbocycles. The molecule has 4 rings (SSSR count). The van der Waals surface area contributed by atoms with Crippen molar-refractivity contribution < 1.29 is 14.1 Å². The third-order valence-electron chi connectivity index (χ3n) is 4.09. The first-order valence-electron chi connectivity index (χ1n) is 8.40. The fourth-order valence-electron chi connectivity index (χ4n) is 2.82. The molecule has 0 amide bonds. The van der Waals surface area contributed by atoms with E-state index in [1.807, 2.05) is 36.5 Å². The van der Waals surface area contributed by atoms with Crippen LogP contribution in [-0.2, 0) is 13.1 Å². The maximum Gasteiger partial charge on any atom is 0.162 e. The molecule has 3 heterocycles. The number of quaternary nitrogens is 1. The van der Waals surface area contributed by atoms with Crippen LogP contribution in [-0.4, -0.2) is 14.8 Å². The highest BCUT2D eigenvalue weighted by molar-refractivity contribution is 5.57. The van der Waals surface area contributed by atoms with E-state index in [4.69, 9.17) is 4.42 Å². The summed E-state index contributed by atoms with van der Waals surface area (Å²) in [4.78, 5) is 4.42. The van der Waals surface area contributed by atoms with E-state index in [2.05, 4.69) is 15.4 Å². The number of hydrogen-bond acceptors (Lipinski definition) is 3. The first-order chi connectivity index (χ1) is 12.8. The molecule has 4 aromatic rings. The third-order valence-corrected chi connectivity index (χ3v) is 4.09. The predicted octanol–water partition coefficient (Wildman–Crippen LogP) is 2.93. The van der Waals surface area contributed by atoms with Crippen molar-refractivity contribution in [2.75, 3.05) is 0 Å². The highest BCUT2D eigenvalue weighted by Gasteiger charge is 2.10. The van der Waals surface area contributed by atoms with Crippen molar-refractivity contribution in [1.29, 1.82) is 0 Å². The number of aromatic nitrogens is 3. The van der Waals surface area contributed by atoms with Gasteiger partial charge in [0.05, 0.1) is 5.56 Å². The molecule has 2 N–H and O–H groups in total. The van der Waals surface area contributed by atoms with E-state index in [1.165, 1.54) is 12.1 Å². The second-order valence-corrected chi connectivity index (χ2v) is 5.91. The molecule has 0 radical (unpaired) electrons. The second kappa shape index (κ2) is 7.33. The van der Waals surface area contributed by atoms with Gasteiger partial charge in [-0.1, -0.05) is 0 Å². The van der Waals surface area contributed by atoms with E-state index in [-0.39, 0.29) is 5.82 Å². The molecular weight excluding hydrogens is 331 g/mol. The van der Waals surface area contributed by atoms with Crippen molar-refractivity contribution in [2.24, 2.45) is 0 Å². The van der Waals surface area contributed by atoms with E-state index in [0.29, 0.717) is 6.54 Å². The number of furan rings is 1. The minimum atomic E-state index is -0.252. The van der Waals surface area contributed by atoms with Crippen LogP contribution in [0.15, 0.2) is 77.6 Å². The maximum absolute atomic E-state index is 13.0. The molecule has 0 atom stereocenters. The standard InChI is InChI=1S/C20H17FN4O/c21-17-6-4-15(5-7-17)19-9-8-18(26-19)14-22-13-16-3-1-10-23-20(16)25-12-2-11-24-25/h1-12,22H,13-14H2/p+1. The van der Waals surface area contributed by atoms with Gasteiger partial charge in [0.25, 0.3) is 0 Å². The zero-order chi connectivity index (χ0) is 17.8. The fourth-order valence-corrected chi connectivity index (χ4v) is 2.82. The van der Waals surface area contributed by atoms with Gasteiger partial charge in [-0.2, -0.15) is 5.10 Å². The number of rotatable bonds is 6. The van der Waals surface area contributed by atoms with Crippen LogP contribution in [0.4, 0.5) is 4.39 Å². The van der Waals surface area contributed by atoms with E-state index in [0.717, 1.165) is 35.0 Å². The van der Waals surface area contributed by atoms with Gasteiger partial charge < -0.3 is 9.73 Å². The Morgan fingerprint density at radius 3 is 2.65 bits per heavy atom. The van der Waals surface area contributed by atoms with Gasteiger partial charge in [-0.15, -0.1) is 0 Å². The van der Waals surface area contributed by atoms with Crippen molar-refractivity contribution in [3.8, 4) is 17.1 Å². The molecule has 0 saturated carbocycles. The smallest absolute Gasteiger partial charge is 0.162 e. The Balaban J connectivity index is 1.41. The molecule has 26 heavy (non-hydrogen) atoms. The largest absolute Gasteiger partial charge is 0.455 e. The van der Waals surface area contributed by atoms with E-state index >= 15 is 0 Å². The van der Waals surface area contributed by atoms with Crippen LogP contribution in [0, 0.1) is 5.82 Å². The van der Waals surface area contributed by atoms with Crippen LogP contribution in [0.2, 0.25) is 0 Å². The number of nitrogens with two attached hydrogens (primary N) is 1. The van der Waals surface area contributed by atoms with Crippen LogP contribution in [0.3, 0.4) is 0 Å². The first kappa shape index (κ1) is 16.2. The summed E-state index contributed by atoms with van der Waals surface area (Å²) >= 11 is 0. The number of nitrogens with zero attached hydrogens (tertiary/aromatic N) is 3. The number of hydrogen-bond donors (Lipinski definition) is 1. The van der Waals surface area contributed by atoms with E-state index < -0.39 is 0 Å². The molecule has 0 spiro atoms. The van der Waals surface area contributed by atoms with E-state index in [9.17, 15) is 4.39 Å². The normalized spacial score (nSPS) is 11.0. The molecule has 0 aliphatic rings. The number of halogens is 1. The second-order valence-electron chi connectivity index (χ2n) is 5.91. The number of benzene rings is 1. The van der Waals surface area contributed by atoms with Crippen LogP contribution >= 0.6 is 0 Å². The lowest BCUT2D eigenvalue weighted by atomic mass is 10.2. The van der Waals surface area contributed by atoms with Crippen LogP contribution in [0.25, 0.3) is 17.1 Å². The lowest BCUT2D eigenvalue weighted by Crippen LogP contribution is -2.80. The molecule has 130 valence electrons. The average molecular weight is 349 g/mol. The van der Waals surface area contributed by atoms with E-state index in [1.54, 1.807) is 29.2 Å². The topological polar surface area (TPSA) is 60.5 Å². The van der Waals surface area contributed by atoms with Gasteiger partial charge in [-0.3, -0.25) is 0 Å². The van der Waals surface area contributed by atoms with Crippen molar-refractivity contribution >= 4 is 0 Å². The highest BCUT2D eigenvalue weighted by Crippen LogP contribution is 2.22. The van der Waals surface area contributed by atoms with Crippen molar-refractivity contribution in [2.45, 2.75) is 13.1 Å². The highest BCUT2D eigenvalue weighted by atomic mass is 19.1. The summed E-state index contributed by atoms with van der Waals surface area (Å²) in [6, 6.07) is 16.0. The Kier molecular flexibility index (Phi) is 4.57. The lowest BCUT2D eigenvalue weighted by Gasteiger charge is -2.07. The average Bonchev–Trinajstić information content (AvgIpc) is 3.35. The molecule has 0 aliphatic heterocycles. The summed E-state index contributed by atoms with van der Waals surface area (Å²) in [5.74, 6) is 2.19. The third kappa shape index (κ3) is 3.55. The minimum Gasteiger partial charge on any atom is -0.455 e. The van der Waals surface area contributed by atoms with Gasteiger partial charge in [-0.25, -0.2) is 14.1 Å². The van der Waals surface area contributed by atoms with Gasteiger partial charge in [0, 0.05) is 24.2 Å². The van der Waals surface area contributed by atoms with Crippen LogP contribution in [0.5, 0.6) is 0 Å². The summed E-state index contributed by atoms with van der Waals surface area (Å²) in [6.45, 7) is 1.46. The SMILES string of the molecule is Fc1ccc(-c2ccc(C[NH2+]Cc3cccnc3-n3cccn3)o2)cc1. The van der Waals surface area contributed by atoms with Crippen molar-refractivity contribution in [1.82, 2.24) is 14.8 Å². The Bertz CT molecular complexity index is 977. The van der Waals surface area contributed by atoms with Gasteiger partial charge in [0.2, 0.25) is 0 Å². The van der Waals surface area contributed by atoms with Crippen molar-refractivity contribution in [3.05, 3.63) is 90.3 Å². The summed E-state index contributed by atoms with van der Waals surface area (Å²) < 4.78 is 20.7. The maximum atomic E-state index is 13.0. The molecule has 0 bridgehead atoms. The Morgan fingerprint density at radius 2 is 1.85 bits per heavy atom. The molecular formula is C20H18FN4O+. The molecule has 0 fully saturated rings. The Labute approximate surface area is 150 Å². The molecule has 0 saturated heterocycles. The summed E-state index contributed by atoms with van der Waals surface area (Å²) in [5, 5.41) is 6.40. The van der Waals surface area contributed by atoms with Gasteiger partial charge in [0.1, 0.15) is 24.7 Å². The number of pyridine rings is 1. The van der Waals surface area contributed by atoms with Crippen molar-refractivity contribution in [3.63, 3.8) is 0 Å². The summed E-state index contributed by atoms with van der Waals surface area (Å²) in [5.41, 5.74) is 1.97. The lowest BCUT2D eigenvalue weighted by molar-refractivity contribution is -0.687.